The lowest BCUT2D eigenvalue weighted by Crippen LogP contribution is -2.29. The summed E-state index contributed by atoms with van der Waals surface area (Å²) in [5, 5.41) is 0. The third-order valence-electron chi connectivity index (χ3n) is 2.48. The highest BCUT2D eigenvalue weighted by atomic mass is 16.6. The van der Waals surface area contributed by atoms with E-state index in [-0.39, 0.29) is 0 Å². The predicted molar refractivity (Wildman–Crippen MR) is 71.7 cm³/mol. The molecular formula is C14H14N2O2. The molecule has 0 aliphatic heterocycles. The molecule has 0 atom stereocenters. The Balaban J connectivity index is 2.10. The number of benzene rings is 2. The Hall–Kier alpha value is -2.49. The third-order valence-corrected chi connectivity index (χ3v) is 2.48. The van der Waals surface area contributed by atoms with Crippen LogP contribution in [-0.4, -0.2) is 13.1 Å². The van der Waals surface area contributed by atoms with Gasteiger partial charge in [0.05, 0.1) is 0 Å². The van der Waals surface area contributed by atoms with E-state index in [2.05, 4.69) is 0 Å². The second-order valence-electron chi connectivity index (χ2n) is 3.84. The summed E-state index contributed by atoms with van der Waals surface area (Å²) < 4.78 is 5.22. The number of ether oxygens (including phenoxy) is 1. The van der Waals surface area contributed by atoms with Crippen molar-refractivity contribution in [3.63, 3.8) is 0 Å². The maximum absolute atomic E-state index is 11.9. The second-order valence-corrected chi connectivity index (χ2v) is 3.84. The first-order chi connectivity index (χ1) is 8.66. The maximum atomic E-state index is 11.9. The van der Waals surface area contributed by atoms with Crippen molar-refractivity contribution in [3.8, 4) is 5.75 Å². The number of carbonyl (C=O) groups excluding carboxylic acids is 1. The fourth-order valence-corrected chi connectivity index (χ4v) is 1.50. The van der Waals surface area contributed by atoms with E-state index >= 15 is 0 Å². The van der Waals surface area contributed by atoms with E-state index < -0.39 is 6.09 Å². The highest BCUT2D eigenvalue weighted by molar-refractivity contribution is 5.89. The van der Waals surface area contributed by atoms with Gasteiger partial charge in [-0.1, -0.05) is 24.3 Å². The Morgan fingerprint density at radius 3 is 2.50 bits per heavy atom. The summed E-state index contributed by atoms with van der Waals surface area (Å²) in [5.41, 5.74) is 6.96. The Kier molecular flexibility index (Phi) is 3.48. The number of carbonyl (C=O) groups is 1. The largest absolute Gasteiger partial charge is 0.419 e. The van der Waals surface area contributed by atoms with E-state index in [1.54, 1.807) is 43.4 Å². The third kappa shape index (κ3) is 2.79. The topological polar surface area (TPSA) is 55.6 Å². The molecule has 0 bridgehead atoms. The molecule has 0 saturated heterocycles. The molecule has 0 aliphatic carbocycles. The summed E-state index contributed by atoms with van der Waals surface area (Å²) in [6.45, 7) is 0. The van der Waals surface area contributed by atoms with Crippen LogP contribution >= 0.6 is 0 Å². The summed E-state index contributed by atoms with van der Waals surface area (Å²) in [6, 6.07) is 16.0. The maximum Gasteiger partial charge on any atom is 0.419 e. The molecule has 2 N–H and O–H groups in total. The van der Waals surface area contributed by atoms with E-state index in [0.29, 0.717) is 17.1 Å². The number of hydrogen-bond donors (Lipinski definition) is 1. The molecule has 92 valence electrons. The lowest BCUT2D eigenvalue weighted by Gasteiger charge is -2.17. The van der Waals surface area contributed by atoms with Gasteiger partial charge in [-0.2, -0.15) is 0 Å². The van der Waals surface area contributed by atoms with E-state index in [0.717, 1.165) is 0 Å². The first-order valence-corrected chi connectivity index (χ1v) is 5.53. The van der Waals surface area contributed by atoms with Gasteiger partial charge in [0.1, 0.15) is 5.75 Å². The summed E-state index contributed by atoms with van der Waals surface area (Å²) in [7, 11) is 1.64. The van der Waals surface area contributed by atoms with Crippen LogP contribution in [0.3, 0.4) is 0 Å². The van der Waals surface area contributed by atoms with Crippen molar-refractivity contribution in [1.29, 1.82) is 0 Å². The molecule has 0 radical (unpaired) electrons. The minimum absolute atomic E-state index is 0.452. The normalized spacial score (nSPS) is 9.83. The molecule has 0 spiro atoms. The molecule has 4 heteroatoms. The zero-order chi connectivity index (χ0) is 13.0. The molecule has 2 aromatic carbocycles. The highest BCUT2D eigenvalue weighted by Crippen LogP contribution is 2.18. The molecule has 0 unspecified atom stereocenters. The fourth-order valence-electron chi connectivity index (χ4n) is 1.50. The van der Waals surface area contributed by atoms with Crippen LogP contribution in [0.1, 0.15) is 0 Å². The number of nitrogens with two attached hydrogens (primary N) is 1. The minimum Gasteiger partial charge on any atom is -0.410 e. The molecule has 0 heterocycles. The SMILES string of the molecule is CN(C(=O)Oc1ccccc1)c1cccc(N)c1. The second kappa shape index (κ2) is 5.23. The zero-order valence-electron chi connectivity index (χ0n) is 10.0. The average molecular weight is 242 g/mol. The van der Waals surface area contributed by atoms with Gasteiger partial charge < -0.3 is 10.5 Å². The predicted octanol–water partition coefficient (Wildman–Crippen LogP) is 2.90. The van der Waals surface area contributed by atoms with Crippen LogP contribution in [-0.2, 0) is 0 Å². The number of amides is 1. The van der Waals surface area contributed by atoms with E-state index in [1.165, 1.54) is 4.90 Å². The number of nitrogens with zero attached hydrogens (tertiary/aromatic N) is 1. The van der Waals surface area contributed by atoms with Crippen LogP contribution in [0, 0.1) is 0 Å². The summed E-state index contributed by atoms with van der Waals surface area (Å²) in [4.78, 5) is 13.3. The molecule has 0 saturated carbocycles. The van der Waals surface area contributed by atoms with Gasteiger partial charge in [0.25, 0.3) is 0 Å². The molecule has 0 aromatic heterocycles. The quantitative estimate of drug-likeness (QED) is 0.824. The van der Waals surface area contributed by atoms with Crippen LogP contribution in [0.5, 0.6) is 5.75 Å². The Morgan fingerprint density at radius 2 is 1.83 bits per heavy atom. The molecule has 0 fully saturated rings. The van der Waals surface area contributed by atoms with Gasteiger partial charge in [0.15, 0.2) is 0 Å². The van der Waals surface area contributed by atoms with Crippen molar-refractivity contribution in [1.82, 2.24) is 0 Å². The van der Waals surface area contributed by atoms with Gasteiger partial charge in [-0.3, -0.25) is 4.90 Å². The van der Waals surface area contributed by atoms with Gasteiger partial charge in [-0.25, -0.2) is 4.79 Å². The molecule has 0 aliphatic rings. The van der Waals surface area contributed by atoms with Gasteiger partial charge in [-0.05, 0) is 30.3 Å². The lowest BCUT2D eigenvalue weighted by atomic mass is 10.3. The Bertz CT molecular complexity index is 541. The van der Waals surface area contributed by atoms with Crippen molar-refractivity contribution in [2.75, 3.05) is 17.7 Å². The highest BCUT2D eigenvalue weighted by Gasteiger charge is 2.13. The molecule has 4 nitrogen and oxygen atoms in total. The van der Waals surface area contributed by atoms with Crippen LogP contribution in [0.2, 0.25) is 0 Å². The van der Waals surface area contributed by atoms with E-state index in [9.17, 15) is 4.79 Å². The fraction of sp³-hybridized carbons (Fsp3) is 0.0714. The molecule has 2 aromatic rings. The number of nitrogen functional groups attached to an aromatic ring is 1. The van der Waals surface area contributed by atoms with Crippen LogP contribution < -0.4 is 15.4 Å². The van der Waals surface area contributed by atoms with Gasteiger partial charge in [0.2, 0.25) is 0 Å². The van der Waals surface area contributed by atoms with E-state index in [4.69, 9.17) is 10.5 Å². The number of para-hydroxylation sites is 1. The molecule has 18 heavy (non-hydrogen) atoms. The van der Waals surface area contributed by atoms with Gasteiger partial charge in [0, 0.05) is 18.4 Å². The average Bonchev–Trinajstić information content (AvgIpc) is 2.39. The zero-order valence-corrected chi connectivity index (χ0v) is 10.0. The minimum atomic E-state index is -0.452. The summed E-state index contributed by atoms with van der Waals surface area (Å²) >= 11 is 0. The number of hydrogen-bond acceptors (Lipinski definition) is 3. The first-order valence-electron chi connectivity index (χ1n) is 5.53. The molecule has 2 rings (SSSR count). The van der Waals surface area contributed by atoms with Crippen LogP contribution in [0.4, 0.5) is 16.2 Å². The Morgan fingerprint density at radius 1 is 1.11 bits per heavy atom. The van der Waals surface area contributed by atoms with Crippen molar-refractivity contribution in [2.45, 2.75) is 0 Å². The van der Waals surface area contributed by atoms with Crippen molar-refractivity contribution < 1.29 is 9.53 Å². The van der Waals surface area contributed by atoms with Crippen LogP contribution in [0.25, 0.3) is 0 Å². The van der Waals surface area contributed by atoms with Crippen molar-refractivity contribution >= 4 is 17.5 Å². The van der Waals surface area contributed by atoms with Gasteiger partial charge in [-0.15, -0.1) is 0 Å². The standard InChI is InChI=1S/C14H14N2O2/c1-16(12-7-5-6-11(15)10-12)14(17)18-13-8-3-2-4-9-13/h2-10H,15H2,1H3. The summed E-state index contributed by atoms with van der Waals surface area (Å²) in [5.74, 6) is 0.512. The first kappa shape index (κ1) is 12.0. The molecule has 1 amide bonds. The van der Waals surface area contributed by atoms with Crippen LogP contribution in [0.15, 0.2) is 54.6 Å². The lowest BCUT2D eigenvalue weighted by molar-refractivity contribution is 0.209. The smallest absolute Gasteiger partial charge is 0.410 e. The summed E-state index contributed by atoms with van der Waals surface area (Å²) in [6.07, 6.45) is -0.452. The van der Waals surface area contributed by atoms with Crippen molar-refractivity contribution in [3.05, 3.63) is 54.6 Å². The number of anilines is 2. The monoisotopic (exact) mass is 242 g/mol. The van der Waals surface area contributed by atoms with Gasteiger partial charge >= 0.3 is 6.09 Å². The Labute approximate surface area is 106 Å². The van der Waals surface area contributed by atoms with E-state index in [1.807, 2.05) is 18.2 Å². The molecular weight excluding hydrogens is 228 g/mol. The van der Waals surface area contributed by atoms with Crippen molar-refractivity contribution in [2.24, 2.45) is 0 Å². The number of rotatable bonds is 2.